The second kappa shape index (κ2) is 16.9. The SMILES string of the molecule is CCCCCCCCCC(CCCCCCCC)OC(=O)c1ccc(C(=O)O)cc1. The molecule has 0 fully saturated rings. The second-order valence-corrected chi connectivity index (χ2v) is 8.38. The highest BCUT2D eigenvalue weighted by Gasteiger charge is 2.16. The Bertz CT molecular complexity index is 579. The van der Waals surface area contributed by atoms with Gasteiger partial charge in [-0.05, 0) is 49.9 Å². The van der Waals surface area contributed by atoms with Crippen molar-refractivity contribution >= 4 is 11.9 Å². The van der Waals surface area contributed by atoms with Gasteiger partial charge in [-0.1, -0.05) is 84.5 Å². The van der Waals surface area contributed by atoms with Crippen molar-refractivity contribution in [3.63, 3.8) is 0 Å². The number of ether oxygens (including phenoxy) is 1. The van der Waals surface area contributed by atoms with Gasteiger partial charge < -0.3 is 9.84 Å². The summed E-state index contributed by atoms with van der Waals surface area (Å²) in [6.45, 7) is 4.46. The highest BCUT2D eigenvalue weighted by atomic mass is 16.5. The van der Waals surface area contributed by atoms with E-state index in [1.54, 1.807) is 12.1 Å². The first-order valence-corrected chi connectivity index (χ1v) is 12.1. The maximum atomic E-state index is 12.5. The van der Waals surface area contributed by atoms with Crippen LogP contribution in [0.1, 0.15) is 131 Å². The number of unbranched alkanes of at least 4 members (excludes halogenated alkanes) is 11. The zero-order valence-corrected chi connectivity index (χ0v) is 19.2. The molecule has 1 rings (SSSR count). The van der Waals surface area contributed by atoms with Crippen LogP contribution in [-0.4, -0.2) is 23.1 Å². The molecular weight excluding hydrogens is 376 g/mol. The number of carboxylic acid groups (broad SMARTS) is 1. The number of hydrogen-bond acceptors (Lipinski definition) is 3. The number of aromatic carboxylic acids is 1. The smallest absolute Gasteiger partial charge is 0.338 e. The minimum atomic E-state index is -0.991. The van der Waals surface area contributed by atoms with Gasteiger partial charge in [0.1, 0.15) is 6.10 Å². The van der Waals surface area contributed by atoms with Gasteiger partial charge in [0.05, 0.1) is 11.1 Å². The Morgan fingerprint density at radius 2 is 1.10 bits per heavy atom. The van der Waals surface area contributed by atoms with Crippen molar-refractivity contribution in [2.24, 2.45) is 0 Å². The molecule has 1 aromatic carbocycles. The summed E-state index contributed by atoms with van der Waals surface area (Å²) in [4.78, 5) is 23.5. The molecule has 0 heterocycles. The van der Waals surface area contributed by atoms with E-state index >= 15 is 0 Å². The summed E-state index contributed by atoms with van der Waals surface area (Å²) in [5, 5.41) is 9.01. The molecule has 1 atom stereocenters. The standard InChI is InChI=1S/C26H42O4/c1-3-5-7-9-11-13-15-17-24(16-14-12-10-8-6-4-2)30-26(29)23-20-18-22(19-21-23)25(27)28/h18-21,24H,3-17H2,1-2H3,(H,27,28). The van der Waals surface area contributed by atoms with Crippen molar-refractivity contribution in [2.75, 3.05) is 0 Å². The monoisotopic (exact) mass is 418 g/mol. The molecule has 4 nitrogen and oxygen atoms in total. The predicted molar refractivity (Wildman–Crippen MR) is 123 cm³/mol. The van der Waals surface area contributed by atoms with Gasteiger partial charge in [0.15, 0.2) is 0 Å². The molecule has 0 radical (unpaired) electrons. The molecule has 0 aliphatic heterocycles. The molecule has 1 aromatic rings. The lowest BCUT2D eigenvalue weighted by molar-refractivity contribution is 0.0248. The lowest BCUT2D eigenvalue weighted by Crippen LogP contribution is -2.18. The van der Waals surface area contributed by atoms with E-state index in [1.807, 2.05) is 0 Å². The van der Waals surface area contributed by atoms with Gasteiger partial charge in [-0.2, -0.15) is 0 Å². The largest absolute Gasteiger partial charge is 0.478 e. The third-order valence-corrected chi connectivity index (χ3v) is 5.65. The summed E-state index contributed by atoms with van der Waals surface area (Å²) < 4.78 is 5.82. The number of carboxylic acids is 1. The van der Waals surface area contributed by atoms with Crippen LogP contribution < -0.4 is 0 Å². The van der Waals surface area contributed by atoms with Gasteiger partial charge >= 0.3 is 11.9 Å². The molecule has 0 aliphatic rings. The molecule has 0 aromatic heterocycles. The van der Waals surface area contributed by atoms with Gasteiger partial charge in [0.25, 0.3) is 0 Å². The lowest BCUT2D eigenvalue weighted by atomic mass is 10.0. The van der Waals surface area contributed by atoms with Gasteiger partial charge in [-0.15, -0.1) is 0 Å². The predicted octanol–water partition coefficient (Wildman–Crippen LogP) is 7.80. The van der Waals surface area contributed by atoms with Crippen molar-refractivity contribution < 1.29 is 19.4 Å². The Morgan fingerprint density at radius 3 is 1.53 bits per heavy atom. The molecule has 0 spiro atoms. The van der Waals surface area contributed by atoms with Gasteiger partial charge in [-0.25, -0.2) is 9.59 Å². The first kappa shape index (κ1) is 26.2. The maximum absolute atomic E-state index is 12.5. The number of carbonyl (C=O) groups is 2. The van der Waals surface area contributed by atoms with E-state index in [2.05, 4.69) is 13.8 Å². The number of carbonyl (C=O) groups excluding carboxylic acids is 1. The van der Waals surface area contributed by atoms with Crippen LogP contribution in [0, 0.1) is 0 Å². The van der Waals surface area contributed by atoms with Crippen LogP contribution in [0.2, 0.25) is 0 Å². The first-order valence-electron chi connectivity index (χ1n) is 12.1. The van der Waals surface area contributed by atoms with E-state index in [4.69, 9.17) is 9.84 Å². The van der Waals surface area contributed by atoms with Crippen molar-refractivity contribution in [1.82, 2.24) is 0 Å². The van der Waals surface area contributed by atoms with E-state index in [1.165, 1.54) is 82.8 Å². The quantitative estimate of drug-likeness (QED) is 0.195. The lowest BCUT2D eigenvalue weighted by Gasteiger charge is -2.18. The van der Waals surface area contributed by atoms with Crippen molar-refractivity contribution in [3.05, 3.63) is 35.4 Å². The summed E-state index contributed by atoms with van der Waals surface area (Å²) in [5.74, 6) is -1.33. The molecule has 170 valence electrons. The minimum absolute atomic E-state index is 0.0431. The normalized spacial score (nSPS) is 11.9. The molecule has 30 heavy (non-hydrogen) atoms. The Kier molecular flexibility index (Phi) is 14.8. The first-order chi connectivity index (χ1) is 14.6. The number of benzene rings is 1. The molecule has 0 aliphatic carbocycles. The van der Waals surface area contributed by atoms with E-state index in [-0.39, 0.29) is 17.6 Å². The van der Waals surface area contributed by atoms with Crippen LogP contribution >= 0.6 is 0 Å². The molecule has 0 saturated carbocycles. The maximum Gasteiger partial charge on any atom is 0.338 e. The summed E-state index contributed by atoms with van der Waals surface area (Å²) in [7, 11) is 0. The fraction of sp³-hybridized carbons (Fsp3) is 0.692. The third kappa shape index (κ3) is 12.0. The van der Waals surface area contributed by atoms with Gasteiger partial charge in [0, 0.05) is 0 Å². The number of rotatable bonds is 18. The molecule has 1 unspecified atom stereocenters. The Labute approximate surface area is 183 Å². The number of esters is 1. The van der Waals surface area contributed by atoms with Crippen LogP contribution in [0.15, 0.2) is 24.3 Å². The average Bonchev–Trinajstić information content (AvgIpc) is 2.75. The van der Waals surface area contributed by atoms with Crippen LogP contribution in [-0.2, 0) is 4.74 Å². The van der Waals surface area contributed by atoms with E-state index in [0.717, 1.165) is 25.7 Å². The summed E-state index contributed by atoms with van der Waals surface area (Å²) in [6, 6.07) is 6.00. The van der Waals surface area contributed by atoms with Gasteiger partial charge in [-0.3, -0.25) is 0 Å². The molecule has 0 bridgehead atoms. The molecule has 0 saturated heterocycles. The van der Waals surface area contributed by atoms with Crippen LogP contribution in [0.3, 0.4) is 0 Å². The molecular formula is C26H42O4. The van der Waals surface area contributed by atoms with Crippen molar-refractivity contribution in [1.29, 1.82) is 0 Å². The third-order valence-electron chi connectivity index (χ3n) is 5.65. The topological polar surface area (TPSA) is 63.6 Å². The second-order valence-electron chi connectivity index (χ2n) is 8.38. The van der Waals surface area contributed by atoms with E-state index < -0.39 is 5.97 Å². The zero-order chi connectivity index (χ0) is 22.0. The van der Waals surface area contributed by atoms with Crippen LogP contribution in [0.25, 0.3) is 0 Å². The van der Waals surface area contributed by atoms with Crippen LogP contribution in [0.5, 0.6) is 0 Å². The Hall–Kier alpha value is -1.84. The molecule has 1 N–H and O–H groups in total. The Morgan fingerprint density at radius 1 is 0.700 bits per heavy atom. The summed E-state index contributed by atoms with van der Waals surface area (Å²) >= 11 is 0. The molecule has 0 amide bonds. The highest BCUT2D eigenvalue weighted by molar-refractivity contribution is 5.92. The zero-order valence-electron chi connectivity index (χ0n) is 19.2. The average molecular weight is 419 g/mol. The minimum Gasteiger partial charge on any atom is -0.478 e. The Balaban J connectivity index is 2.47. The van der Waals surface area contributed by atoms with E-state index in [0.29, 0.717) is 5.56 Å². The summed E-state index contributed by atoms with van der Waals surface area (Å²) in [5.41, 5.74) is 0.603. The number of hydrogen-bond donors (Lipinski definition) is 1. The van der Waals surface area contributed by atoms with Crippen LogP contribution in [0.4, 0.5) is 0 Å². The van der Waals surface area contributed by atoms with E-state index in [9.17, 15) is 9.59 Å². The highest BCUT2D eigenvalue weighted by Crippen LogP contribution is 2.18. The van der Waals surface area contributed by atoms with Crippen molar-refractivity contribution in [3.8, 4) is 0 Å². The van der Waals surface area contributed by atoms with Crippen molar-refractivity contribution in [2.45, 2.75) is 116 Å². The van der Waals surface area contributed by atoms with Gasteiger partial charge in [0.2, 0.25) is 0 Å². The fourth-order valence-electron chi connectivity index (χ4n) is 3.71. The molecule has 4 heteroatoms. The fourth-order valence-corrected chi connectivity index (χ4v) is 3.71. The summed E-state index contributed by atoms with van der Waals surface area (Å²) in [6.07, 6.45) is 17.9.